The Hall–Kier alpha value is -1.80. The molecule has 0 fully saturated rings. The van der Waals surface area contributed by atoms with E-state index in [0.717, 1.165) is 46.9 Å². The highest BCUT2D eigenvalue weighted by Gasteiger charge is 2.31. The highest BCUT2D eigenvalue weighted by molar-refractivity contribution is 8.00. The summed E-state index contributed by atoms with van der Waals surface area (Å²) in [6, 6.07) is 2.78. The van der Waals surface area contributed by atoms with Crippen molar-refractivity contribution < 1.29 is 18.0 Å². The molecule has 1 aromatic heterocycles. The van der Waals surface area contributed by atoms with Gasteiger partial charge in [-0.05, 0) is 51.5 Å². The number of thioether (sulfide) groups is 1. The maximum absolute atomic E-state index is 12.8. The average molecular weight is 404 g/mol. The minimum atomic E-state index is -4.52. The molecule has 26 heavy (non-hydrogen) atoms. The van der Waals surface area contributed by atoms with Crippen LogP contribution in [0.5, 0.6) is 0 Å². The smallest absolute Gasteiger partial charge is 0.324 e. The molecular weight excluding hydrogens is 387 g/mol. The average Bonchev–Trinajstić information content (AvgIpc) is 2.53. The zero-order valence-corrected chi connectivity index (χ0v) is 16.1. The Bertz CT molecular complexity index is 819. The number of hydrogen-bond acceptors (Lipinski definition) is 4. The number of aryl methyl sites for hydroxylation is 2. The van der Waals surface area contributed by atoms with E-state index in [9.17, 15) is 18.0 Å². The normalized spacial score (nSPS) is 12.8. The quantitative estimate of drug-likeness (QED) is 0.563. The van der Waals surface area contributed by atoms with Gasteiger partial charge in [0.05, 0.1) is 21.5 Å². The van der Waals surface area contributed by atoms with E-state index in [0.29, 0.717) is 5.16 Å². The Balaban J connectivity index is 2.15. The van der Waals surface area contributed by atoms with Crippen LogP contribution in [0.4, 0.5) is 18.9 Å². The van der Waals surface area contributed by atoms with Crippen LogP contribution in [0.3, 0.4) is 0 Å². The molecule has 1 unspecified atom stereocenters. The first-order valence-corrected chi connectivity index (χ1v) is 8.91. The Morgan fingerprint density at radius 3 is 2.31 bits per heavy atom. The second kappa shape index (κ2) is 7.84. The number of carbonyl (C=O) groups excluding carboxylic acids is 1. The molecule has 1 aromatic carbocycles. The number of amides is 1. The Labute approximate surface area is 158 Å². The third-order valence-electron chi connectivity index (χ3n) is 3.82. The van der Waals surface area contributed by atoms with E-state index in [4.69, 9.17) is 11.6 Å². The molecule has 0 aliphatic heterocycles. The molecule has 2 aromatic rings. The first-order valence-electron chi connectivity index (χ1n) is 7.65. The third-order valence-corrected chi connectivity index (χ3v) is 5.11. The van der Waals surface area contributed by atoms with Crippen molar-refractivity contribution in [1.29, 1.82) is 0 Å². The summed E-state index contributed by atoms with van der Waals surface area (Å²) >= 11 is 7.02. The first kappa shape index (κ1) is 20.5. The largest absolute Gasteiger partial charge is 0.416 e. The number of nitrogens with zero attached hydrogens (tertiary/aromatic N) is 2. The van der Waals surface area contributed by atoms with Crippen molar-refractivity contribution in [3.8, 4) is 0 Å². The molecule has 0 aliphatic carbocycles. The van der Waals surface area contributed by atoms with E-state index >= 15 is 0 Å². The van der Waals surface area contributed by atoms with Gasteiger partial charge in [-0.3, -0.25) is 4.79 Å². The molecule has 0 spiro atoms. The lowest BCUT2D eigenvalue weighted by Gasteiger charge is -2.15. The fraction of sp³-hybridized carbons (Fsp3) is 0.353. The molecule has 0 aliphatic rings. The number of halogens is 4. The molecule has 1 atom stereocenters. The van der Waals surface area contributed by atoms with Gasteiger partial charge in [-0.25, -0.2) is 9.97 Å². The number of rotatable bonds is 4. The van der Waals surface area contributed by atoms with Crippen molar-refractivity contribution >= 4 is 35.0 Å². The van der Waals surface area contributed by atoms with E-state index in [1.807, 2.05) is 20.8 Å². The zero-order chi connectivity index (χ0) is 19.6. The van der Waals surface area contributed by atoms with Crippen molar-refractivity contribution in [1.82, 2.24) is 9.97 Å². The van der Waals surface area contributed by atoms with Gasteiger partial charge in [0, 0.05) is 11.4 Å². The first-order chi connectivity index (χ1) is 12.0. The van der Waals surface area contributed by atoms with E-state index < -0.39 is 22.9 Å². The number of aromatic nitrogens is 2. The van der Waals surface area contributed by atoms with E-state index in [1.54, 1.807) is 6.92 Å². The fourth-order valence-electron chi connectivity index (χ4n) is 2.04. The Kier molecular flexibility index (Phi) is 6.18. The molecule has 4 nitrogen and oxygen atoms in total. The van der Waals surface area contributed by atoms with Crippen LogP contribution >= 0.6 is 23.4 Å². The molecule has 0 bridgehead atoms. The number of alkyl halides is 3. The number of benzene rings is 1. The summed E-state index contributed by atoms with van der Waals surface area (Å²) in [6.07, 6.45) is -4.52. The molecule has 0 saturated heterocycles. The highest BCUT2D eigenvalue weighted by atomic mass is 35.5. The van der Waals surface area contributed by atoms with Crippen LogP contribution in [0.25, 0.3) is 0 Å². The lowest BCUT2D eigenvalue weighted by atomic mass is 10.2. The molecule has 1 N–H and O–H groups in total. The van der Waals surface area contributed by atoms with Gasteiger partial charge in [0.1, 0.15) is 0 Å². The van der Waals surface area contributed by atoms with Gasteiger partial charge in [0.2, 0.25) is 5.91 Å². The summed E-state index contributed by atoms with van der Waals surface area (Å²) in [6.45, 7) is 7.22. The standard InChI is InChI=1S/C17H17ClF3N3OS/c1-8-9(2)22-16(23-10(8)3)26-11(4)15(25)24-14-7-12(17(19,20)21)5-6-13(14)18/h5-7,11H,1-4H3,(H,24,25). The second-order valence-corrected chi connectivity index (χ2v) is 7.46. The van der Waals surface area contributed by atoms with E-state index in [1.165, 1.54) is 0 Å². The van der Waals surface area contributed by atoms with E-state index in [-0.39, 0.29) is 10.7 Å². The molecule has 0 saturated carbocycles. The van der Waals surface area contributed by atoms with Crippen LogP contribution in [0.15, 0.2) is 23.4 Å². The number of hydrogen-bond donors (Lipinski definition) is 1. The van der Waals surface area contributed by atoms with Crippen LogP contribution in [-0.2, 0) is 11.0 Å². The van der Waals surface area contributed by atoms with E-state index in [2.05, 4.69) is 15.3 Å². The molecule has 1 heterocycles. The van der Waals surface area contributed by atoms with Crippen LogP contribution < -0.4 is 5.32 Å². The van der Waals surface area contributed by atoms with Gasteiger partial charge in [-0.2, -0.15) is 13.2 Å². The lowest BCUT2D eigenvalue weighted by Crippen LogP contribution is -2.23. The third kappa shape index (κ3) is 4.88. The summed E-state index contributed by atoms with van der Waals surface area (Å²) in [7, 11) is 0. The molecule has 0 radical (unpaired) electrons. The molecule has 140 valence electrons. The lowest BCUT2D eigenvalue weighted by molar-refractivity contribution is -0.137. The molecular formula is C17H17ClF3N3OS. The number of carbonyl (C=O) groups is 1. The van der Waals surface area contributed by atoms with Crippen molar-refractivity contribution in [2.24, 2.45) is 0 Å². The summed E-state index contributed by atoms with van der Waals surface area (Å²) in [5, 5.41) is 2.28. The van der Waals surface area contributed by atoms with Crippen molar-refractivity contribution in [2.45, 2.75) is 44.3 Å². The van der Waals surface area contributed by atoms with Gasteiger partial charge in [0.25, 0.3) is 0 Å². The summed E-state index contributed by atoms with van der Waals surface area (Å²) in [4.78, 5) is 21.0. The number of nitrogens with one attached hydrogen (secondary N) is 1. The SMILES string of the molecule is Cc1nc(SC(C)C(=O)Nc2cc(C(F)(F)F)ccc2Cl)nc(C)c1C. The zero-order valence-electron chi connectivity index (χ0n) is 14.5. The van der Waals surface area contributed by atoms with Crippen molar-refractivity contribution in [3.05, 3.63) is 45.7 Å². The van der Waals surface area contributed by atoms with Gasteiger partial charge < -0.3 is 5.32 Å². The molecule has 2 rings (SSSR count). The topological polar surface area (TPSA) is 54.9 Å². The van der Waals surface area contributed by atoms with Crippen molar-refractivity contribution in [3.63, 3.8) is 0 Å². The summed E-state index contributed by atoms with van der Waals surface area (Å²) in [5.41, 5.74) is 1.63. The highest BCUT2D eigenvalue weighted by Crippen LogP contribution is 2.34. The summed E-state index contributed by atoms with van der Waals surface area (Å²) in [5.74, 6) is -0.490. The number of anilines is 1. The maximum atomic E-state index is 12.8. The summed E-state index contributed by atoms with van der Waals surface area (Å²) < 4.78 is 38.4. The minimum Gasteiger partial charge on any atom is -0.324 e. The maximum Gasteiger partial charge on any atom is 0.416 e. The Morgan fingerprint density at radius 2 is 1.77 bits per heavy atom. The molecule has 1 amide bonds. The van der Waals surface area contributed by atoms with Gasteiger partial charge in [-0.1, -0.05) is 23.4 Å². The van der Waals surface area contributed by atoms with Gasteiger partial charge in [0.15, 0.2) is 5.16 Å². The second-order valence-electron chi connectivity index (χ2n) is 5.74. The van der Waals surface area contributed by atoms with Gasteiger partial charge in [-0.15, -0.1) is 0 Å². The molecule has 9 heteroatoms. The predicted octanol–water partition coefficient (Wildman–Crippen LogP) is 5.19. The van der Waals surface area contributed by atoms with Crippen LogP contribution in [-0.4, -0.2) is 21.1 Å². The van der Waals surface area contributed by atoms with Crippen LogP contribution in [0.2, 0.25) is 5.02 Å². The monoisotopic (exact) mass is 403 g/mol. The van der Waals surface area contributed by atoms with Gasteiger partial charge >= 0.3 is 6.18 Å². The van der Waals surface area contributed by atoms with Crippen LogP contribution in [0, 0.1) is 20.8 Å². The Morgan fingerprint density at radius 1 is 1.19 bits per heavy atom. The minimum absolute atomic E-state index is 0.0295. The van der Waals surface area contributed by atoms with Crippen molar-refractivity contribution in [2.75, 3.05) is 5.32 Å². The fourth-order valence-corrected chi connectivity index (χ4v) is 3.06. The van der Waals surface area contributed by atoms with Crippen LogP contribution in [0.1, 0.15) is 29.4 Å². The predicted molar refractivity (Wildman–Crippen MR) is 96.6 cm³/mol.